The van der Waals surface area contributed by atoms with Gasteiger partial charge in [0.15, 0.2) is 34.0 Å². The molecule has 0 radical (unpaired) electrons. The predicted molar refractivity (Wildman–Crippen MR) is 146 cm³/mol. The van der Waals surface area contributed by atoms with Crippen molar-refractivity contribution in [2.45, 2.75) is 12.1 Å². The van der Waals surface area contributed by atoms with Gasteiger partial charge >= 0.3 is 0 Å². The van der Waals surface area contributed by atoms with Crippen LogP contribution in [0.15, 0.2) is 77.0 Å². The first-order chi connectivity index (χ1) is 18.5. The third-order valence-electron chi connectivity index (χ3n) is 5.34. The van der Waals surface area contributed by atoms with E-state index in [0.29, 0.717) is 40.4 Å². The summed E-state index contributed by atoms with van der Waals surface area (Å²) in [4.78, 5) is 12.5. The van der Waals surface area contributed by atoms with Crippen molar-refractivity contribution in [1.82, 2.24) is 20.2 Å². The number of aromatic nitrogens is 3. The van der Waals surface area contributed by atoms with Crippen molar-refractivity contribution in [3.63, 3.8) is 0 Å². The van der Waals surface area contributed by atoms with Crippen LogP contribution in [0.2, 0.25) is 0 Å². The molecule has 11 heteroatoms. The number of aromatic hydroxyl groups is 1. The smallest absolute Gasteiger partial charge is 0.250 e. The Hall–Kier alpha value is -4.51. The van der Waals surface area contributed by atoms with Crippen LogP contribution < -0.4 is 19.6 Å². The van der Waals surface area contributed by atoms with Gasteiger partial charge in [-0.25, -0.2) is 5.43 Å². The zero-order chi connectivity index (χ0) is 26.9. The summed E-state index contributed by atoms with van der Waals surface area (Å²) in [6.07, 6.45) is 1.36. The summed E-state index contributed by atoms with van der Waals surface area (Å²) in [6.45, 7) is 2.25. The molecule has 0 aliphatic heterocycles. The normalized spacial score (nSPS) is 10.9. The Balaban J connectivity index is 1.51. The number of hydrogen-bond donors (Lipinski definition) is 2. The second-order valence-corrected chi connectivity index (χ2v) is 8.70. The maximum atomic E-state index is 12.5. The summed E-state index contributed by atoms with van der Waals surface area (Å²) in [5, 5.41) is 23.5. The van der Waals surface area contributed by atoms with Gasteiger partial charge < -0.3 is 19.3 Å². The molecule has 0 aliphatic carbocycles. The molecule has 2 N–H and O–H groups in total. The molecule has 0 saturated carbocycles. The van der Waals surface area contributed by atoms with E-state index in [9.17, 15) is 9.90 Å². The first kappa shape index (κ1) is 26.6. The highest BCUT2D eigenvalue weighted by Gasteiger charge is 2.19. The van der Waals surface area contributed by atoms with Crippen LogP contribution in [-0.2, 0) is 4.79 Å². The summed E-state index contributed by atoms with van der Waals surface area (Å²) in [5.41, 5.74) is 4.51. The molecule has 10 nitrogen and oxygen atoms in total. The first-order valence-electron chi connectivity index (χ1n) is 11.7. The van der Waals surface area contributed by atoms with Crippen LogP contribution in [0.5, 0.6) is 23.0 Å². The average Bonchev–Trinajstić information content (AvgIpc) is 3.38. The Bertz CT molecular complexity index is 1420. The zero-order valence-electron chi connectivity index (χ0n) is 21.1. The minimum atomic E-state index is -0.345. The number of nitrogens with zero attached hydrogens (tertiary/aromatic N) is 4. The average molecular weight is 534 g/mol. The van der Waals surface area contributed by atoms with Gasteiger partial charge in [-0.2, -0.15) is 5.10 Å². The van der Waals surface area contributed by atoms with Gasteiger partial charge in [0.05, 0.1) is 32.8 Å². The minimum Gasteiger partial charge on any atom is -0.504 e. The van der Waals surface area contributed by atoms with E-state index < -0.39 is 0 Å². The monoisotopic (exact) mass is 533 g/mol. The number of thioether (sulfide) groups is 1. The number of hydrogen-bond acceptors (Lipinski definition) is 9. The maximum absolute atomic E-state index is 12.5. The van der Waals surface area contributed by atoms with Crippen molar-refractivity contribution < 1.29 is 24.1 Å². The Morgan fingerprint density at radius 3 is 2.55 bits per heavy atom. The van der Waals surface area contributed by atoms with Crippen LogP contribution in [0.1, 0.15) is 12.5 Å². The Kier molecular flexibility index (Phi) is 8.83. The van der Waals surface area contributed by atoms with Gasteiger partial charge in [-0.1, -0.05) is 36.0 Å². The van der Waals surface area contributed by atoms with Crippen LogP contribution in [-0.4, -0.2) is 58.6 Å². The van der Waals surface area contributed by atoms with E-state index in [-0.39, 0.29) is 17.4 Å². The van der Waals surface area contributed by atoms with Crippen LogP contribution in [0, 0.1) is 0 Å². The molecule has 1 amide bonds. The molecule has 0 spiro atoms. The highest BCUT2D eigenvalue weighted by atomic mass is 32.2. The lowest BCUT2D eigenvalue weighted by Gasteiger charge is -2.12. The number of phenols is 1. The number of carbonyl (C=O) groups is 1. The molecule has 4 aromatic rings. The summed E-state index contributed by atoms with van der Waals surface area (Å²) < 4.78 is 18.0. The summed E-state index contributed by atoms with van der Waals surface area (Å²) >= 11 is 1.22. The number of rotatable bonds is 11. The van der Waals surface area contributed by atoms with E-state index in [4.69, 9.17) is 14.2 Å². The summed E-state index contributed by atoms with van der Waals surface area (Å²) in [7, 11) is 3.15. The Morgan fingerprint density at radius 1 is 1.03 bits per heavy atom. The third kappa shape index (κ3) is 6.06. The van der Waals surface area contributed by atoms with Crippen molar-refractivity contribution in [3.8, 4) is 40.1 Å². The van der Waals surface area contributed by atoms with Gasteiger partial charge in [-0.05, 0) is 49.4 Å². The minimum absolute atomic E-state index is 0.0409. The molecule has 0 saturated heterocycles. The van der Waals surface area contributed by atoms with E-state index in [1.165, 1.54) is 18.0 Å². The fraction of sp³-hybridized carbons (Fsp3) is 0.185. The molecule has 1 heterocycles. The summed E-state index contributed by atoms with van der Waals surface area (Å²) in [6, 6.07) is 20.2. The summed E-state index contributed by atoms with van der Waals surface area (Å²) in [5.74, 6) is 1.76. The molecule has 4 rings (SSSR count). The SMILES string of the molecule is CCOc1cccc(C=NNC(=O)CSc2nnc(-c3ccc(OC)c(OC)c3)n2-c2ccccc2)c1O. The quantitative estimate of drug-likeness (QED) is 0.166. The molecular weight excluding hydrogens is 506 g/mol. The molecule has 38 heavy (non-hydrogen) atoms. The van der Waals surface area contributed by atoms with Crippen LogP contribution >= 0.6 is 11.8 Å². The largest absolute Gasteiger partial charge is 0.504 e. The van der Waals surface area contributed by atoms with Crippen molar-refractivity contribution in [1.29, 1.82) is 0 Å². The van der Waals surface area contributed by atoms with Crippen molar-refractivity contribution in [3.05, 3.63) is 72.3 Å². The topological polar surface area (TPSA) is 120 Å². The van der Waals surface area contributed by atoms with Gasteiger partial charge in [0.25, 0.3) is 5.91 Å². The number of benzene rings is 3. The van der Waals surface area contributed by atoms with E-state index in [1.54, 1.807) is 38.5 Å². The molecule has 0 aliphatic rings. The van der Waals surface area contributed by atoms with Gasteiger partial charge in [-0.3, -0.25) is 9.36 Å². The fourth-order valence-electron chi connectivity index (χ4n) is 3.59. The molecule has 3 aromatic carbocycles. The Labute approximate surface area is 224 Å². The number of nitrogens with one attached hydrogen (secondary N) is 1. The number of carbonyl (C=O) groups excluding carboxylic acids is 1. The molecule has 0 atom stereocenters. The van der Waals surface area contributed by atoms with Crippen molar-refractivity contribution >= 4 is 23.9 Å². The zero-order valence-corrected chi connectivity index (χ0v) is 21.9. The maximum Gasteiger partial charge on any atom is 0.250 e. The molecule has 0 bridgehead atoms. The van der Waals surface area contributed by atoms with Crippen LogP contribution in [0.4, 0.5) is 0 Å². The molecule has 0 fully saturated rings. The van der Waals surface area contributed by atoms with Crippen molar-refractivity contribution in [2.24, 2.45) is 5.10 Å². The first-order valence-corrected chi connectivity index (χ1v) is 12.7. The second-order valence-electron chi connectivity index (χ2n) is 7.76. The number of phenolic OH excluding ortho intramolecular Hbond substituents is 1. The standard InChI is InChI=1S/C27H27N5O5S/c1-4-37-22-12-8-9-19(25(22)34)16-28-29-24(33)17-38-27-31-30-26(32(27)20-10-6-5-7-11-20)18-13-14-21(35-2)23(15-18)36-3/h5-16,34H,4,17H2,1-3H3,(H,29,33). The molecule has 1 aromatic heterocycles. The lowest BCUT2D eigenvalue weighted by Crippen LogP contribution is -2.20. The second kappa shape index (κ2) is 12.6. The van der Waals surface area contributed by atoms with Gasteiger partial charge in [-0.15, -0.1) is 10.2 Å². The van der Waals surface area contributed by atoms with Crippen molar-refractivity contribution in [2.75, 3.05) is 26.6 Å². The van der Waals surface area contributed by atoms with Crippen LogP contribution in [0.3, 0.4) is 0 Å². The number of hydrazone groups is 1. The van der Waals surface area contributed by atoms with Gasteiger partial charge in [0.1, 0.15) is 0 Å². The number of amides is 1. The molecule has 0 unspecified atom stereocenters. The van der Waals surface area contributed by atoms with Gasteiger partial charge in [0, 0.05) is 16.8 Å². The lowest BCUT2D eigenvalue weighted by atomic mass is 10.2. The number of para-hydroxylation sites is 2. The number of methoxy groups -OCH3 is 2. The van der Waals surface area contributed by atoms with E-state index in [2.05, 4.69) is 20.7 Å². The molecular formula is C27H27N5O5S. The number of ether oxygens (including phenoxy) is 3. The predicted octanol–water partition coefficient (Wildman–Crippen LogP) is 4.30. The highest BCUT2D eigenvalue weighted by Crippen LogP contribution is 2.34. The lowest BCUT2D eigenvalue weighted by molar-refractivity contribution is -0.118. The fourth-order valence-corrected chi connectivity index (χ4v) is 4.33. The Morgan fingerprint density at radius 2 is 1.82 bits per heavy atom. The third-order valence-corrected chi connectivity index (χ3v) is 6.27. The van der Waals surface area contributed by atoms with E-state index in [0.717, 1.165) is 11.3 Å². The molecule has 196 valence electrons. The van der Waals surface area contributed by atoms with E-state index >= 15 is 0 Å². The highest BCUT2D eigenvalue weighted by molar-refractivity contribution is 7.99. The van der Waals surface area contributed by atoms with Gasteiger partial charge in [0.2, 0.25) is 0 Å². The van der Waals surface area contributed by atoms with Crippen LogP contribution in [0.25, 0.3) is 17.1 Å². The van der Waals surface area contributed by atoms with E-state index in [1.807, 2.05) is 54.0 Å².